The topological polar surface area (TPSA) is 67.2 Å². The number of urea groups is 1. The molecule has 1 atom stereocenters. The van der Waals surface area contributed by atoms with Crippen molar-refractivity contribution in [2.24, 2.45) is 5.73 Å². The molecule has 4 heteroatoms. The molecule has 0 saturated heterocycles. The van der Waals surface area contributed by atoms with Crippen LogP contribution in [0.1, 0.15) is 31.4 Å². The SMILES string of the molecule is CC(NC1CC=CC1)c1ccc(NC(N)=O)cc1. The lowest BCUT2D eigenvalue weighted by Gasteiger charge is -2.19. The number of carbonyl (C=O) groups excluding carboxylic acids is 1. The van der Waals surface area contributed by atoms with Gasteiger partial charge in [-0.1, -0.05) is 24.3 Å². The second-order valence-electron chi connectivity index (χ2n) is 4.64. The zero-order valence-electron chi connectivity index (χ0n) is 10.5. The first-order valence-electron chi connectivity index (χ1n) is 6.22. The second kappa shape index (κ2) is 5.69. The van der Waals surface area contributed by atoms with Gasteiger partial charge in [-0.05, 0) is 37.5 Å². The van der Waals surface area contributed by atoms with Gasteiger partial charge in [0.1, 0.15) is 0 Å². The van der Waals surface area contributed by atoms with Crippen LogP contribution in [0.15, 0.2) is 36.4 Å². The van der Waals surface area contributed by atoms with Crippen molar-refractivity contribution in [3.63, 3.8) is 0 Å². The van der Waals surface area contributed by atoms with Crippen molar-refractivity contribution in [1.82, 2.24) is 5.32 Å². The van der Waals surface area contributed by atoms with Crippen molar-refractivity contribution >= 4 is 11.7 Å². The average Bonchev–Trinajstić information content (AvgIpc) is 2.82. The smallest absolute Gasteiger partial charge is 0.316 e. The van der Waals surface area contributed by atoms with E-state index >= 15 is 0 Å². The van der Waals surface area contributed by atoms with Gasteiger partial charge in [0.05, 0.1) is 0 Å². The highest BCUT2D eigenvalue weighted by Crippen LogP contribution is 2.19. The molecule has 0 fully saturated rings. The summed E-state index contributed by atoms with van der Waals surface area (Å²) in [5.41, 5.74) is 6.99. The molecule has 1 unspecified atom stereocenters. The van der Waals surface area contributed by atoms with E-state index in [9.17, 15) is 4.79 Å². The molecular formula is C14H19N3O. The van der Waals surface area contributed by atoms with Crippen molar-refractivity contribution in [1.29, 1.82) is 0 Å². The van der Waals surface area contributed by atoms with E-state index in [0.29, 0.717) is 12.1 Å². The van der Waals surface area contributed by atoms with Gasteiger partial charge in [0.15, 0.2) is 0 Å². The van der Waals surface area contributed by atoms with E-state index in [4.69, 9.17) is 5.73 Å². The minimum absolute atomic E-state index is 0.303. The molecule has 0 aliphatic heterocycles. The Labute approximate surface area is 107 Å². The lowest BCUT2D eigenvalue weighted by atomic mass is 10.1. The molecule has 0 saturated carbocycles. The van der Waals surface area contributed by atoms with Gasteiger partial charge in [0.2, 0.25) is 0 Å². The Morgan fingerprint density at radius 2 is 1.89 bits per heavy atom. The molecule has 1 aromatic carbocycles. The van der Waals surface area contributed by atoms with E-state index in [0.717, 1.165) is 18.5 Å². The molecule has 96 valence electrons. The number of anilines is 1. The summed E-state index contributed by atoms with van der Waals surface area (Å²) in [6, 6.07) is 8.05. The van der Waals surface area contributed by atoms with E-state index in [2.05, 4.69) is 29.7 Å². The largest absolute Gasteiger partial charge is 0.351 e. The minimum atomic E-state index is -0.536. The van der Waals surface area contributed by atoms with Gasteiger partial charge in [0.25, 0.3) is 0 Å². The number of carbonyl (C=O) groups is 1. The summed E-state index contributed by atoms with van der Waals surface area (Å²) in [4.78, 5) is 10.7. The number of nitrogens with one attached hydrogen (secondary N) is 2. The monoisotopic (exact) mass is 245 g/mol. The van der Waals surface area contributed by atoms with Crippen molar-refractivity contribution in [2.45, 2.75) is 31.8 Å². The summed E-state index contributed by atoms with van der Waals surface area (Å²) < 4.78 is 0. The molecule has 0 spiro atoms. The first-order chi connectivity index (χ1) is 8.65. The molecule has 18 heavy (non-hydrogen) atoms. The summed E-state index contributed by atoms with van der Waals surface area (Å²) >= 11 is 0. The number of hydrogen-bond donors (Lipinski definition) is 3. The Bertz CT molecular complexity index is 431. The third-order valence-electron chi connectivity index (χ3n) is 3.17. The zero-order valence-corrected chi connectivity index (χ0v) is 10.5. The molecule has 0 heterocycles. The first-order valence-corrected chi connectivity index (χ1v) is 6.22. The predicted molar refractivity (Wildman–Crippen MR) is 73.4 cm³/mol. The summed E-state index contributed by atoms with van der Waals surface area (Å²) in [6.07, 6.45) is 6.63. The van der Waals surface area contributed by atoms with Crippen LogP contribution >= 0.6 is 0 Å². The van der Waals surface area contributed by atoms with E-state index in [-0.39, 0.29) is 0 Å². The number of nitrogens with two attached hydrogens (primary N) is 1. The van der Waals surface area contributed by atoms with Crippen LogP contribution in [0.3, 0.4) is 0 Å². The maximum absolute atomic E-state index is 10.7. The molecule has 0 radical (unpaired) electrons. The van der Waals surface area contributed by atoms with E-state index in [1.165, 1.54) is 5.56 Å². The summed E-state index contributed by atoms with van der Waals surface area (Å²) in [5, 5.41) is 6.13. The van der Waals surface area contributed by atoms with E-state index in [1.807, 2.05) is 24.3 Å². The van der Waals surface area contributed by atoms with Gasteiger partial charge in [-0.25, -0.2) is 4.79 Å². The number of rotatable bonds is 4. The fourth-order valence-corrected chi connectivity index (χ4v) is 2.20. The van der Waals surface area contributed by atoms with Crippen molar-refractivity contribution < 1.29 is 4.79 Å². The Kier molecular flexibility index (Phi) is 3.99. The Morgan fingerprint density at radius 3 is 2.44 bits per heavy atom. The lowest BCUT2D eigenvalue weighted by Crippen LogP contribution is -2.29. The molecule has 2 amide bonds. The predicted octanol–water partition coefficient (Wildman–Crippen LogP) is 2.55. The van der Waals surface area contributed by atoms with Crippen molar-refractivity contribution in [3.05, 3.63) is 42.0 Å². The standard InChI is InChI=1S/C14H19N3O/c1-10(16-12-4-2-3-5-12)11-6-8-13(9-7-11)17-14(15)18/h2-3,6-10,12,16H,4-5H2,1H3,(H3,15,17,18). The van der Waals surface area contributed by atoms with Gasteiger partial charge in [0, 0.05) is 17.8 Å². The molecule has 0 aromatic heterocycles. The number of benzene rings is 1. The normalized spacial score (nSPS) is 16.7. The van der Waals surface area contributed by atoms with Gasteiger partial charge >= 0.3 is 6.03 Å². The quantitative estimate of drug-likeness (QED) is 0.714. The van der Waals surface area contributed by atoms with Crippen molar-refractivity contribution in [2.75, 3.05) is 5.32 Å². The maximum Gasteiger partial charge on any atom is 0.316 e. The third-order valence-corrected chi connectivity index (χ3v) is 3.17. The summed E-state index contributed by atoms with van der Waals surface area (Å²) in [5.74, 6) is 0. The minimum Gasteiger partial charge on any atom is -0.351 e. The molecular weight excluding hydrogens is 226 g/mol. The molecule has 4 N–H and O–H groups in total. The van der Waals surface area contributed by atoms with Crippen LogP contribution in [0.25, 0.3) is 0 Å². The summed E-state index contributed by atoms with van der Waals surface area (Å²) in [7, 11) is 0. The zero-order chi connectivity index (χ0) is 13.0. The molecule has 0 bridgehead atoms. The second-order valence-corrected chi connectivity index (χ2v) is 4.64. The van der Waals surface area contributed by atoms with Gasteiger partial charge in [-0.3, -0.25) is 0 Å². The number of primary amides is 1. The number of amides is 2. The Morgan fingerprint density at radius 1 is 1.28 bits per heavy atom. The lowest BCUT2D eigenvalue weighted by molar-refractivity contribution is 0.259. The molecule has 1 aliphatic rings. The highest BCUT2D eigenvalue weighted by molar-refractivity contribution is 5.87. The molecule has 2 rings (SSSR count). The first kappa shape index (κ1) is 12.6. The highest BCUT2D eigenvalue weighted by atomic mass is 16.2. The van der Waals surface area contributed by atoms with Crippen LogP contribution < -0.4 is 16.4 Å². The highest BCUT2D eigenvalue weighted by Gasteiger charge is 2.14. The van der Waals surface area contributed by atoms with E-state index in [1.54, 1.807) is 0 Å². The molecule has 1 aromatic rings. The molecule has 1 aliphatic carbocycles. The van der Waals surface area contributed by atoms with E-state index < -0.39 is 6.03 Å². The van der Waals surface area contributed by atoms with Crippen LogP contribution in [0.2, 0.25) is 0 Å². The van der Waals surface area contributed by atoms with Crippen LogP contribution in [0, 0.1) is 0 Å². The average molecular weight is 245 g/mol. The Balaban J connectivity index is 1.93. The third kappa shape index (κ3) is 3.34. The number of hydrogen-bond acceptors (Lipinski definition) is 2. The van der Waals surface area contributed by atoms with Crippen LogP contribution in [-0.2, 0) is 0 Å². The van der Waals surface area contributed by atoms with Gasteiger partial charge < -0.3 is 16.4 Å². The van der Waals surface area contributed by atoms with Crippen LogP contribution in [0.4, 0.5) is 10.5 Å². The Hall–Kier alpha value is -1.81. The fraction of sp³-hybridized carbons (Fsp3) is 0.357. The maximum atomic E-state index is 10.7. The molecule has 4 nitrogen and oxygen atoms in total. The van der Waals surface area contributed by atoms with Gasteiger partial charge in [-0.2, -0.15) is 0 Å². The fourth-order valence-electron chi connectivity index (χ4n) is 2.20. The summed E-state index contributed by atoms with van der Waals surface area (Å²) in [6.45, 7) is 2.15. The van der Waals surface area contributed by atoms with Crippen LogP contribution in [0.5, 0.6) is 0 Å². The van der Waals surface area contributed by atoms with Gasteiger partial charge in [-0.15, -0.1) is 0 Å². The van der Waals surface area contributed by atoms with Crippen LogP contribution in [-0.4, -0.2) is 12.1 Å². The van der Waals surface area contributed by atoms with Crippen molar-refractivity contribution in [3.8, 4) is 0 Å².